The Kier molecular flexibility index (Phi) is 5.76. The first-order chi connectivity index (χ1) is 15.2. The maximum atomic E-state index is 12.3. The van der Waals surface area contributed by atoms with E-state index in [2.05, 4.69) is 55.4 Å². The monoisotopic (exact) mass is 454 g/mol. The third-order valence-corrected chi connectivity index (χ3v) is 6.86. The van der Waals surface area contributed by atoms with Gasteiger partial charge < -0.3 is 15.2 Å². The zero-order chi connectivity index (χ0) is 21.2. The Morgan fingerprint density at radius 1 is 1.16 bits per heavy atom. The van der Waals surface area contributed by atoms with Crippen LogP contribution >= 0.6 is 23.4 Å². The maximum absolute atomic E-state index is 12.3. The second kappa shape index (κ2) is 8.82. The largest absolute Gasteiger partial charge is 0.351 e. The molecule has 0 spiro atoms. The quantitative estimate of drug-likeness (QED) is 0.645. The first-order valence-electron chi connectivity index (χ1n) is 10.2. The molecule has 0 radical (unpaired) electrons. The van der Waals surface area contributed by atoms with E-state index in [1.165, 1.54) is 17.3 Å². The molecule has 160 valence electrons. The zero-order valence-corrected chi connectivity index (χ0v) is 18.3. The highest BCUT2D eigenvalue weighted by Gasteiger charge is 2.44. The number of hydrazine groups is 1. The third-order valence-electron chi connectivity index (χ3n) is 5.64. The van der Waals surface area contributed by atoms with Crippen molar-refractivity contribution in [1.82, 2.24) is 26.1 Å². The van der Waals surface area contributed by atoms with Gasteiger partial charge in [0.15, 0.2) is 5.17 Å². The van der Waals surface area contributed by atoms with Crippen LogP contribution in [0.3, 0.4) is 0 Å². The summed E-state index contributed by atoms with van der Waals surface area (Å²) >= 11 is 7.34. The number of carbonyl (C=O) groups excluding carboxylic acids is 1. The molecule has 2 aromatic rings. The Balaban J connectivity index is 1.14. The number of thioether (sulfide) groups is 1. The smallest absolute Gasteiger partial charge is 0.230 e. The standard InChI is InChI=1S/C22H23ClN6OS/c23-17-8-6-15(7-9-17)13-24-20(30)14-31-22-26-25-21-19-12-18(16-4-2-1-3-5-16)27-29(19)11-10-28(21)22/h1-11,18-19,21,25,27H,12-14H2,(H,24,30). The van der Waals surface area contributed by atoms with Crippen molar-refractivity contribution in [2.45, 2.75) is 31.2 Å². The molecular weight excluding hydrogens is 432 g/mol. The molecule has 0 bridgehead atoms. The average molecular weight is 455 g/mol. The van der Waals surface area contributed by atoms with Crippen molar-refractivity contribution >= 4 is 34.4 Å². The van der Waals surface area contributed by atoms with Gasteiger partial charge in [0.1, 0.15) is 6.17 Å². The Hall–Kier alpha value is -2.68. The minimum Gasteiger partial charge on any atom is -0.351 e. The van der Waals surface area contributed by atoms with E-state index in [0.29, 0.717) is 17.3 Å². The van der Waals surface area contributed by atoms with Crippen LogP contribution in [-0.2, 0) is 11.3 Å². The van der Waals surface area contributed by atoms with Crippen molar-refractivity contribution in [3.8, 4) is 0 Å². The lowest BCUT2D eigenvalue weighted by atomic mass is 10.00. The fourth-order valence-electron chi connectivity index (χ4n) is 4.04. The van der Waals surface area contributed by atoms with Crippen molar-refractivity contribution in [3.63, 3.8) is 0 Å². The summed E-state index contributed by atoms with van der Waals surface area (Å²) in [6.07, 6.45) is 5.08. The third kappa shape index (κ3) is 4.37. The number of hydrogen-bond acceptors (Lipinski definition) is 7. The van der Waals surface area contributed by atoms with E-state index in [4.69, 9.17) is 11.6 Å². The van der Waals surface area contributed by atoms with E-state index in [-0.39, 0.29) is 24.2 Å². The second-order valence-electron chi connectivity index (χ2n) is 7.67. The molecule has 3 N–H and O–H groups in total. The van der Waals surface area contributed by atoms with Crippen molar-refractivity contribution in [1.29, 1.82) is 0 Å². The molecule has 0 saturated carbocycles. The van der Waals surface area contributed by atoms with Crippen LogP contribution in [0.4, 0.5) is 0 Å². The van der Waals surface area contributed by atoms with Gasteiger partial charge >= 0.3 is 0 Å². The number of carbonyl (C=O) groups is 1. The first kappa shape index (κ1) is 20.2. The van der Waals surface area contributed by atoms with Gasteiger partial charge in [-0.15, -0.1) is 0 Å². The summed E-state index contributed by atoms with van der Waals surface area (Å²) in [5.74, 6) is 0.283. The Bertz CT molecular complexity index is 999. The first-order valence-corrected chi connectivity index (χ1v) is 11.6. The molecule has 1 fully saturated rings. The summed E-state index contributed by atoms with van der Waals surface area (Å²) in [5, 5.41) is 11.1. The van der Waals surface area contributed by atoms with Crippen molar-refractivity contribution in [2.24, 2.45) is 5.10 Å². The molecule has 7 nitrogen and oxygen atoms in total. The molecule has 31 heavy (non-hydrogen) atoms. The number of fused-ring (bicyclic) bond motifs is 3. The zero-order valence-electron chi connectivity index (χ0n) is 16.7. The van der Waals surface area contributed by atoms with E-state index in [1.54, 1.807) is 0 Å². The summed E-state index contributed by atoms with van der Waals surface area (Å²) in [6, 6.07) is 18.5. The molecule has 3 aliphatic rings. The van der Waals surface area contributed by atoms with Gasteiger partial charge in [0.05, 0.1) is 17.8 Å². The summed E-state index contributed by atoms with van der Waals surface area (Å²) in [6.45, 7) is 0.483. The second-order valence-corrected chi connectivity index (χ2v) is 9.05. The fourth-order valence-corrected chi connectivity index (χ4v) is 4.97. The van der Waals surface area contributed by atoms with Crippen LogP contribution in [0, 0.1) is 0 Å². The van der Waals surface area contributed by atoms with E-state index in [1.807, 2.05) is 42.7 Å². The molecule has 3 aliphatic heterocycles. The van der Waals surface area contributed by atoms with Gasteiger partial charge in [0, 0.05) is 24.0 Å². The van der Waals surface area contributed by atoms with Crippen LogP contribution in [0.2, 0.25) is 5.02 Å². The number of nitrogens with zero attached hydrogens (tertiary/aromatic N) is 3. The Morgan fingerprint density at radius 3 is 2.77 bits per heavy atom. The molecule has 5 rings (SSSR count). The predicted octanol–water partition coefficient (Wildman–Crippen LogP) is 3.00. The van der Waals surface area contributed by atoms with E-state index in [0.717, 1.165) is 17.2 Å². The fraction of sp³-hybridized carbons (Fsp3) is 0.273. The lowest BCUT2D eigenvalue weighted by molar-refractivity contribution is -0.118. The van der Waals surface area contributed by atoms with Gasteiger partial charge in [-0.2, -0.15) is 5.10 Å². The topological polar surface area (TPSA) is 72.0 Å². The number of nitrogens with one attached hydrogen (secondary N) is 3. The van der Waals surface area contributed by atoms with Crippen LogP contribution < -0.4 is 16.2 Å². The van der Waals surface area contributed by atoms with Gasteiger partial charge in [0.2, 0.25) is 5.91 Å². The molecule has 9 heteroatoms. The van der Waals surface area contributed by atoms with Crippen LogP contribution in [0.1, 0.15) is 23.6 Å². The van der Waals surface area contributed by atoms with Gasteiger partial charge in [-0.05, 0) is 29.7 Å². The molecule has 1 amide bonds. The molecule has 1 saturated heterocycles. The molecule has 3 atom stereocenters. The molecule has 0 aromatic heterocycles. The van der Waals surface area contributed by atoms with Crippen molar-refractivity contribution in [3.05, 3.63) is 83.1 Å². The van der Waals surface area contributed by atoms with Gasteiger partial charge in [-0.1, -0.05) is 65.8 Å². The Morgan fingerprint density at radius 2 is 1.97 bits per heavy atom. The van der Waals surface area contributed by atoms with E-state index in [9.17, 15) is 4.79 Å². The summed E-state index contributed by atoms with van der Waals surface area (Å²) < 4.78 is 0. The van der Waals surface area contributed by atoms with Gasteiger partial charge in [-0.25, -0.2) is 5.43 Å². The number of amidine groups is 1. The van der Waals surface area contributed by atoms with Crippen molar-refractivity contribution < 1.29 is 4.79 Å². The van der Waals surface area contributed by atoms with E-state index < -0.39 is 0 Å². The summed E-state index contributed by atoms with van der Waals surface area (Å²) in [7, 11) is 0. The highest BCUT2D eigenvalue weighted by Crippen LogP contribution is 2.34. The van der Waals surface area contributed by atoms with Crippen molar-refractivity contribution in [2.75, 3.05) is 5.75 Å². The van der Waals surface area contributed by atoms with Gasteiger partial charge in [0.25, 0.3) is 0 Å². The number of amides is 1. The summed E-state index contributed by atoms with van der Waals surface area (Å²) in [4.78, 5) is 14.4. The molecule has 3 unspecified atom stereocenters. The van der Waals surface area contributed by atoms with E-state index >= 15 is 0 Å². The molecular formula is C22H23ClN6OS. The minimum atomic E-state index is -0.0274. The van der Waals surface area contributed by atoms with Crippen LogP contribution in [0.15, 0.2) is 72.1 Å². The Labute approximate surface area is 190 Å². The summed E-state index contributed by atoms with van der Waals surface area (Å²) in [5.41, 5.74) is 9.12. The van der Waals surface area contributed by atoms with Crippen LogP contribution in [0.25, 0.3) is 0 Å². The number of hydrogen-bond donors (Lipinski definition) is 3. The number of halogens is 1. The molecule has 0 aliphatic carbocycles. The molecule has 2 aromatic carbocycles. The highest BCUT2D eigenvalue weighted by molar-refractivity contribution is 8.14. The SMILES string of the molecule is O=C(CSC1=NNC2C3CC(c4ccccc4)NN3C=CN12)NCc1ccc(Cl)cc1. The van der Waals surface area contributed by atoms with Crippen LogP contribution in [-0.4, -0.2) is 38.9 Å². The lowest BCUT2D eigenvalue weighted by Crippen LogP contribution is -2.54. The predicted molar refractivity (Wildman–Crippen MR) is 124 cm³/mol. The highest BCUT2D eigenvalue weighted by atomic mass is 35.5. The molecule has 3 heterocycles. The number of benzene rings is 2. The maximum Gasteiger partial charge on any atom is 0.230 e. The number of rotatable bonds is 5. The average Bonchev–Trinajstić information content (AvgIpc) is 3.42. The van der Waals surface area contributed by atoms with Crippen LogP contribution in [0.5, 0.6) is 0 Å². The normalized spacial score (nSPS) is 23.8. The number of hydrazone groups is 1. The minimum absolute atomic E-state index is 0.0274. The lowest BCUT2D eigenvalue weighted by Gasteiger charge is -2.36. The van der Waals surface area contributed by atoms with Gasteiger partial charge in [-0.3, -0.25) is 10.2 Å².